The zero-order chi connectivity index (χ0) is 18.7. The highest BCUT2D eigenvalue weighted by molar-refractivity contribution is 7.91. The summed E-state index contributed by atoms with van der Waals surface area (Å²) >= 11 is 0. The summed E-state index contributed by atoms with van der Waals surface area (Å²) in [6.45, 7) is 7.55. The molecule has 1 amide bonds. The fraction of sp³-hybridized carbons (Fsp3) is 0.875. The van der Waals surface area contributed by atoms with Crippen molar-refractivity contribution < 1.29 is 17.9 Å². The topological polar surface area (TPSA) is 100 Å². The highest BCUT2D eigenvalue weighted by Gasteiger charge is 2.30. The van der Waals surface area contributed by atoms with Crippen LogP contribution < -0.4 is 10.6 Å². The number of sulfone groups is 1. The van der Waals surface area contributed by atoms with E-state index in [1.54, 1.807) is 7.05 Å². The van der Waals surface area contributed by atoms with E-state index in [1.165, 1.54) is 0 Å². The van der Waals surface area contributed by atoms with E-state index < -0.39 is 21.5 Å². The second kappa shape index (κ2) is 7.80. The molecule has 25 heavy (non-hydrogen) atoms. The van der Waals surface area contributed by atoms with Gasteiger partial charge in [-0.2, -0.15) is 0 Å². The maximum Gasteiger partial charge on any atom is 0.407 e. The number of hydrogen-bond donors (Lipinski definition) is 2. The quantitative estimate of drug-likeness (QED) is 0.554. The number of guanidine groups is 1. The molecular formula is C16H30N4O4S. The number of carbonyl (C=O) groups excluding carboxylic acids is 1. The third-order valence-electron chi connectivity index (χ3n) is 4.30. The first-order valence-electron chi connectivity index (χ1n) is 8.73. The number of rotatable bonds is 3. The summed E-state index contributed by atoms with van der Waals surface area (Å²) in [5.74, 6) is 1.42. The van der Waals surface area contributed by atoms with Gasteiger partial charge in [-0.1, -0.05) is 0 Å². The lowest BCUT2D eigenvalue weighted by atomic mass is 10.1. The normalized spacial score (nSPS) is 26.6. The molecule has 0 radical (unpaired) electrons. The Hall–Kier alpha value is -1.51. The summed E-state index contributed by atoms with van der Waals surface area (Å²) in [5.41, 5.74) is -0.512. The van der Waals surface area contributed by atoms with Gasteiger partial charge in [0.15, 0.2) is 15.8 Å². The number of nitrogens with one attached hydrogen (secondary N) is 2. The van der Waals surface area contributed by atoms with Gasteiger partial charge < -0.3 is 20.3 Å². The first-order chi connectivity index (χ1) is 11.6. The van der Waals surface area contributed by atoms with Gasteiger partial charge in [0.1, 0.15) is 5.60 Å². The van der Waals surface area contributed by atoms with Gasteiger partial charge in [0, 0.05) is 26.7 Å². The van der Waals surface area contributed by atoms with Crippen molar-refractivity contribution >= 4 is 21.9 Å². The molecule has 2 atom stereocenters. The number of aliphatic imine (C=N–C) groups is 1. The number of amides is 1. The zero-order valence-corrected chi connectivity index (χ0v) is 16.4. The van der Waals surface area contributed by atoms with Gasteiger partial charge in [0.2, 0.25) is 0 Å². The molecule has 0 aromatic rings. The average Bonchev–Trinajstić information content (AvgIpc) is 3.04. The highest BCUT2D eigenvalue weighted by Crippen LogP contribution is 2.18. The van der Waals surface area contributed by atoms with Gasteiger partial charge >= 0.3 is 6.09 Å². The van der Waals surface area contributed by atoms with Crippen LogP contribution in [0.1, 0.15) is 33.6 Å². The van der Waals surface area contributed by atoms with Crippen LogP contribution in [0.2, 0.25) is 0 Å². The molecule has 0 saturated carbocycles. The van der Waals surface area contributed by atoms with Crippen LogP contribution in [0.25, 0.3) is 0 Å². The molecular weight excluding hydrogens is 344 g/mol. The maximum atomic E-state index is 11.9. The number of hydrogen-bond acceptors (Lipinski definition) is 5. The van der Waals surface area contributed by atoms with Crippen molar-refractivity contribution in [2.45, 2.75) is 45.3 Å². The minimum absolute atomic E-state index is 0.0141. The first-order valence-corrected chi connectivity index (χ1v) is 10.6. The van der Waals surface area contributed by atoms with Crippen molar-refractivity contribution in [1.82, 2.24) is 15.5 Å². The lowest BCUT2D eigenvalue weighted by molar-refractivity contribution is 0.0507. The minimum Gasteiger partial charge on any atom is -0.444 e. The van der Waals surface area contributed by atoms with Crippen molar-refractivity contribution in [3.05, 3.63) is 0 Å². The van der Waals surface area contributed by atoms with Gasteiger partial charge in [-0.3, -0.25) is 4.99 Å². The zero-order valence-electron chi connectivity index (χ0n) is 15.5. The molecule has 0 aromatic carbocycles. The Bertz CT molecular complexity index is 612. The van der Waals surface area contributed by atoms with Gasteiger partial charge in [-0.15, -0.1) is 0 Å². The van der Waals surface area contributed by atoms with E-state index >= 15 is 0 Å². The van der Waals surface area contributed by atoms with E-state index in [1.807, 2.05) is 20.8 Å². The van der Waals surface area contributed by atoms with E-state index in [-0.39, 0.29) is 23.5 Å². The number of likely N-dealkylation sites (tertiary alicyclic amines) is 1. The van der Waals surface area contributed by atoms with E-state index in [9.17, 15) is 13.2 Å². The Morgan fingerprint density at radius 1 is 1.32 bits per heavy atom. The van der Waals surface area contributed by atoms with E-state index in [2.05, 4.69) is 20.5 Å². The predicted octanol–water partition coefficient (Wildman–Crippen LogP) is 0.596. The summed E-state index contributed by atoms with van der Waals surface area (Å²) in [5, 5.41) is 6.16. The van der Waals surface area contributed by atoms with E-state index in [0.717, 1.165) is 18.9 Å². The van der Waals surface area contributed by atoms with Crippen LogP contribution in [-0.2, 0) is 14.6 Å². The molecule has 2 saturated heterocycles. The van der Waals surface area contributed by atoms with Gasteiger partial charge in [-0.25, -0.2) is 13.2 Å². The van der Waals surface area contributed by atoms with Gasteiger partial charge in [0.05, 0.1) is 17.5 Å². The Morgan fingerprint density at radius 3 is 2.60 bits per heavy atom. The minimum atomic E-state index is -2.86. The van der Waals surface area contributed by atoms with Crippen LogP contribution in [0.3, 0.4) is 0 Å². The van der Waals surface area contributed by atoms with Gasteiger partial charge in [0.25, 0.3) is 0 Å². The lowest BCUT2D eigenvalue weighted by Crippen LogP contribution is -2.45. The molecule has 144 valence electrons. The van der Waals surface area contributed by atoms with Crippen molar-refractivity contribution in [1.29, 1.82) is 0 Å². The van der Waals surface area contributed by atoms with Crippen molar-refractivity contribution in [2.24, 2.45) is 10.9 Å². The monoisotopic (exact) mass is 374 g/mol. The van der Waals surface area contributed by atoms with Crippen molar-refractivity contribution in [2.75, 3.05) is 38.2 Å². The van der Waals surface area contributed by atoms with E-state index in [0.29, 0.717) is 19.5 Å². The largest absolute Gasteiger partial charge is 0.444 e. The summed E-state index contributed by atoms with van der Waals surface area (Å²) in [6, 6.07) is 0.0141. The molecule has 8 nitrogen and oxygen atoms in total. The maximum absolute atomic E-state index is 11.9. The second-order valence-corrected chi connectivity index (χ2v) is 10.0. The van der Waals surface area contributed by atoms with Gasteiger partial charge in [-0.05, 0) is 39.5 Å². The fourth-order valence-corrected chi connectivity index (χ4v) is 5.01. The molecule has 0 spiro atoms. The van der Waals surface area contributed by atoms with Crippen molar-refractivity contribution in [3.63, 3.8) is 0 Å². The summed E-state index contributed by atoms with van der Waals surface area (Å²) in [6.07, 6.45) is 1.12. The molecule has 0 bridgehead atoms. The number of carbonyl (C=O) groups is 1. The number of nitrogens with zero attached hydrogens (tertiary/aromatic N) is 2. The fourth-order valence-electron chi connectivity index (χ4n) is 3.15. The predicted molar refractivity (Wildman–Crippen MR) is 97.5 cm³/mol. The summed E-state index contributed by atoms with van der Waals surface area (Å²) < 4.78 is 28.4. The summed E-state index contributed by atoms with van der Waals surface area (Å²) in [4.78, 5) is 18.2. The molecule has 2 N–H and O–H groups in total. The van der Waals surface area contributed by atoms with Crippen molar-refractivity contribution in [3.8, 4) is 0 Å². The Kier molecular flexibility index (Phi) is 6.18. The molecule has 2 heterocycles. The third kappa shape index (κ3) is 6.37. The van der Waals surface area contributed by atoms with Crippen LogP contribution in [0, 0.1) is 5.92 Å². The summed E-state index contributed by atoms with van der Waals surface area (Å²) in [7, 11) is -1.15. The Morgan fingerprint density at radius 2 is 2.04 bits per heavy atom. The van der Waals surface area contributed by atoms with Crippen LogP contribution in [-0.4, -0.2) is 75.2 Å². The lowest BCUT2D eigenvalue weighted by Gasteiger charge is -2.24. The first kappa shape index (κ1) is 19.8. The number of alkyl carbamates (subject to hydrolysis) is 1. The SMILES string of the molecule is CN=C(NCC1CCS(=O)(=O)C1)N1CCC(NC(=O)OC(C)(C)C)C1. The Balaban J connectivity index is 1.78. The molecule has 9 heteroatoms. The van der Waals surface area contributed by atoms with E-state index in [4.69, 9.17) is 4.74 Å². The molecule has 2 rings (SSSR count). The Labute approximate surface area is 150 Å². The molecule has 0 aliphatic carbocycles. The van der Waals surface area contributed by atoms with Crippen LogP contribution in [0.15, 0.2) is 4.99 Å². The molecule has 2 aliphatic rings. The van der Waals surface area contributed by atoms with Crippen LogP contribution in [0.4, 0.5) is 4.79 Å². The number of ether oxygens (including phenoxy) is 1. The standard InChI is InChI=1S/C16H30N4O4S/c1-16(2,3)24-15(21)19-13-5-7-20(10-13)14(17-4)18-9-12-6-8-25(22,23)11-12/h12-13H,5-11H2,1-4H3,(H,17,18)(H,19,21). The molecule has 0 aromatic heterocycles. The molecule has 2 unspecified atom stereocenters. The molecule has 2 aliphatic heterocycles. The second-order valence-electron chi connectivity index (χ2n) is 7.78. The average molecular weight is 375 g/mol. The molecule has 2 fully saturated rings. The highest BCUT2D eigenvalue weighted by atomic mass is 32.2. The third-order valence-corrected chi connectivity index (χ3v) is 6.13. The smallest absolute Gasteiger partial charge is 0.407 e. The van der Waals surface area contributed by atoms with Crippen LogP contribution >= 0.6 is 0 Å². The van der Waals surface area contributed by atoms with Crippen LogP contribution in [0.5, 0.6) is 0 Å².